The fourth-order valence-corrected chi connectivity index (χ4v) is 2.22. The van der Waals surface area contributed by atoms with E-state index in [1.54, 1.807) is 0 Å². The number of ether oxygens (including phenoxy) is 1. The standard InChI is InChI=1S/C11H16N2O5S/c1-6(14)12-4-3-7(15)9(16)10-13-5-8(19-10)11(17)18-2/h5,7,9,15-16H,3-4H2,1-2H3,(H,12,14). The van der Waals surface area contributed by atoms with Gasteiger partial charge in [-0.15, -0.1) is 11.3 Å². The highest BCUT2D eigenvalue weighted by molar-refractivity contribution is 7.13. The third-order valence-corrected chi connectivity index (χ3v) is 3.39. The Balaban J connectivity index is 2.56. The van der Waals surface area contributed by atoms with E-state index >= 15 is 0 Å². The van der Waals surface area contributed by atoms with E-state index in [9.17, 15) is 19.8 Å². The second-order valence-corrected chi connectivity index (χ2v) is 4.90. The SMILES string of the molecule is COC(=O)c1cnc(C(O)C(O)CCNC(C)=O)s1. The summed E-state index contributed by atoms with van der Waals surface area (Å²) in [6, 6.07) is 0. The first-order valence-electron chi connectivity index (χ1n) is 5.60. The van der Waals surface area contributed by atoms with Crippen molar-refractivity contribution in [2.24, 2.45) is 0 Å². The zero-order chi connectivity index (χ0) is 14.4. The van der Waals surface area contributed by atoms with Crippen LogP contribution in [0.5, 0.6) is 0 Å². The maximum atomic E-state index is 11.2. The van der Waals surface area contributed by atoms with E-state index in [1.165, 1.54) is 20.2 Å². The predicted octanol–water partition coefficient (Wildman–Crippen LogP) is -0.150. The number of aliphatic hydroxyl groups excluding tert-OH is 2. The number of amides is 1. The molecule has 0 saturated carbocycles. The molecule has 7 nitrogen and oxygen atoms in total. The topological polar surface area (TPSA) is 109 Å². The van der Waals surface area contributed by atoms with Gasteiger partial charge in [0.15, 0.2) is 0 Å². The number of rotatable bonds is 6. The van der Waals surface area contributed by atoms with E-state index in [0.29, 0.717) is 0 Å². The highest BCUT2D eigenvalue weighted by Crippen LogP contribution is 2.24. The van der Waals surface area contributed by atoms with E-state index < -0.39 is 18.2 Å². The molecule has 0 aliphatic heterocycles. The Morgan fingerprint density at radius 2 is 2.21 bits per heavy atom. The number of thiazole rings is 1. The molecule has 106 valence electrons. The van der Waals surface area contributed by atoms with Gasteiger partial charge in [0, 0.05) is 13.5 Å². The minimum absolute atomic E-state index is 0.188. The fraction of sp³-hybridized carbons (Fsp3) is 0.545. The Hall–Kier alpha value is -1.51. The summed E-state index contributed by atoms with van der Waals surface area (Å²) >= 11 is 0.959. The Morgan fingerprint density at radius 3 is 2.79 bits per heavy atom. The Bertz CT molecular complexity index is 448. The summed E-state index contributed by atoms with van der Waals surface area (Å²) in [5.74, 6) is -0.743. The van der Waals surface area contributed by atoms with Gasteiger partial charge in [0.25, 0.3) is 0 Å². The van der Waals surface area contributed by atoms with Crippen LogP contribution in [0.1, 0.15) is 34.1 Å². The van der Waals surface area contributed by atoms with Crippen LogP contribution in [0.3, 0.4) is 0 Å². The summed E-state index contributed by atoms with van der Waals surface area (Å²) < 4.78 is 4.52. The summed E-state index contributed by atoms with van der Waals surface area (Å²) in [4.78, 5) is 26.0. The summed E-state index contributed by atoms with van der Waals surface area (Å²) in [7, 11) is 1.25. The molecule has 0 radical (unpaired) electrons. The van der Waals surface area contributed by atoms with Crippen LogP contribution >= 0.6 is 11.3 Å². The highest BCUT2D eigenvalue weighted by atomic mass is 32.1. The molecule has 2 unspecified atom stereocenters. The van der Waals surface area contributed by atoms with Gasteiger partial charge in [-0.05, 0) is 6.42 Å². The van der Waals surface area contributed by atoms with E-state index in [0.717, 1.165) is 11.3 Å². The van der Waals surface area contributed by atoms with Crippen LogP contribution in [0.15, 0.2) is 6.20 Å². The van der Waals surface area contributed by atoms with Crippen molar-refractivity contribution in [3.63, 3.8) is 0 Å². The van der Waals surface area contributed by atoms with Crippen LogP contribution in [-0.2, 0) is 9.53 Å². The minimum atomic E-state index is -1.20. The number of methoxy groups -OCH3 is 1. The summed E-state index contributed by atoms with van der Waals surface area (Å²) in [5.41, 5.74) is 0. The summed E-state index contributed by atoms with van der Waals surface area (Å²) in [6.45, 7) is 1.62. The Labute approximate surface area is 114 Å². The van der Waals surface area contributed by atoms with Gasteiger partial charge >= 0.3 is 5.97 Å². The number of aromatic nitrogens is 1. The second kappa shape index (κ2) is 7.17. The average molecular weight is 288 g/mol. The largest absolute Gasteiger partial charge is 0.465 e. The minimum Gasteiger partial charge on any atom is -0.465 e. The van der Waals surface area contributed by atoms with Crippen LogP contribution in [0.25, 0.3) is 0 Å². The summed E-state index contributed by atoms with van der Waals surface area (Å²) in [5, 5.41) is 22.3. The van der Waals surface area contributed by atoms with Crippen LogP contribution in [0, 0.1) is 0 Å². The monoisotopic (exact) mass is 288 g/mol. The molecule has 1 aromatic rings. The number of carbonyl (C=O) groups excluding carboxylic acids is 2. The van der Waals surface area contributed by atoms with Crippen LogP contribution < -0.4 is 5.32 Å². The molecule has 1 amide bonds. The molecular weight excluding hydrogens is 272 g/mol. The van der Waals surface area contributed by atoms with Crippen molar-refractivity contribution < 1.29 is 24.5 Å². The molecule has 0 fully saturated rings. The average Bonchev–Trinajstić information content (AvgIpc) is 2.85. The van der Waals surface area contributed by atoms with E-state index in [4.69, 9.17) is 0 Å². The molecule has 0 aliphatic rings. The maximum Gasteiger partial charge on any atom is 0.349 e. The summed E-state index contributed by atoms with van der Waals surface area (Å²) in [6.07, 6.45) is -0.788. The molecule has 0 aliphatic carbocycles. The van der Waals surface area contributed by atoms with Gasteiger partial charge < -0.3 is 20.3 Å². The third-order valence-electron chi connectivity index (χ3n) is 2.34. The van der Waals surface area contributed by atoms with E-state index in [2.05, 4.69) is 15.0 Å². The van der Waals surface area contributed by atoms with Crippen molar-refractivity contribution in [3.8, 4) is 0 Å². The fourth-order valence-electron chi connectivity index (χ4n) is 1.34. The van der Waals surface area contributed by atoms with E-state index in [-0.39, 0.29) is 28.8 Å². The number of esters is 1. The normalized spacial score (nSPS) is 13.7. The molecule has 19 heavy (non-hydrogen) atoms. The molecule has 1 rings (SSSR count). The van der Waals surface area contributed by atoms with Crippen molar-refractivity contribution in [2.45, 2.75) is 25.6 Å². The predicted molar refractivity (Wildman–Crippen MR) is 67.7 cm³/mol. The highest BCUT2D eigenvalue weighted by Gasteiger charge is 2.23. The number of aliphatic hydroxyl groups is 2. The van der Waals surface area contributed by atoms with Gasteiger partial charge in [-0.3, -0.25) is 4.79 Å². The number of hydrogen-bond donors (Lipinski definition) is 3. The van der Waals surface area contributed by atoms with Gasteiger partial charge in [0.05, 0.1) is 19.4 Å². The van der Waals surface area contributed by atoms with Gasteiger partial charge in [-0.1, -0.05) is 0 Å². The van der Waals surface area contributed by atoms with Crippen molar-refractivity contribution in [2.75, 3.05) is 13.7 Å². The smallest absolute Gasteiger partial charge is 0.349 e. The van der Waals surface area contributed by atoms with Crippen molar-refractivity contribution in [1.29, 1.82) is 0 Å². The Morgan fingerprint density at radius 1 is 1.53 bits per heavy atom. The van der Waals surface area contributed by atoms with Crippen molar-refractivity contribution in [1.82, 2.24) is 10.3 Å². The lowest BCUT2D eigenvalue weighted by atomic mass is 10.1. The molecule has 8 heteroatoms. The quantitative estimate of drug-likeness (QED) is 0.628. The van der Waals surface area contributed by atoms with Gasteiger partial charge in [-0.2, -0.15) is 0 Å². The molecule has 1 aromatic heterocycles. The lowest BCUT2D eigenvalue weighted by Crippen LogP contribution is -2.27. The first-order chi connectivity index (χ1) is 8.95. The molecule has 0 spiro atoms. The lowest BCUT2D eigenvalue weighted by Gasteiger charge is -2.15. The molecular formula is C11H16N2O5S. The zero-order valence-corrected chi connectivity index (χ0v) is 11.4. The zero-order valence-electron chi connectivity index (χ0n) is 10.6. The lowest BCUT2D eigenvalue weighted by molar-refractivity contribution is -0.119. The molecule has 3 N–H and O–H groups in total. The Kier molecular flexibility index (Phi) is 5.87. The van der Waals surface area contributed by atoms with E-state index in [1.807, 2.05) is 0 Å². The third kappa shape index (κ3) is 4.58. The van der Waals surface area contributed by atoms with Crippen LogP contribution in [0.2, 0.25) is 0 Å². The second-order valence-electron chi connectivity index (χ2n) is 3.84. The van der Waals surface area contributed by atoms with Crippen LogP contribution in [-0.4, -0.2) is 46.8 Å². The van der Waals surface area contributed by atoms with Gasteiger partial charge in [0.2, 0.25) is 5.91 Å². The first kappa shape index (κ1) is 15.5. The molecule has 2 atom stereocenters. The molecule has 0 saturated heterocycles. The van der Waals surface area contributed by atoms with Gasteiger partial charge in [0.1, 0.15) is 16.0 Å². The number of carbonyl (C=O) groups is 2. The van der Waals surface area contributed by atoms with Crippen LogP contribution in [0.4, 0.5) is 0 Å². The molecule has 0 bridgehead atoms. The molecule has 1 heterocycles. The van der Waals surface area contributed by atoms with Crippen molar-refractivity contribution >= 4 is 23.2 Å². The number of nitrogens with zero attached hydrogens (tertiary/aromatic N) is 1. The number of nitrogens with one attached hydrogen (secondary N) is 1. The van der Waals surface area contributed by atoms with Crippen molar-refractivity contribution in [3.05, 3.63) is 16.1 Å². The number of hydrogen-bond acceptors (Lipinski definition) is 7. The van der Waals surface area contributed by atoms with Gasteiger partial charge in [-0.25, -0.2) is 9.78 Å². The molecule has 0 aromatic carbocycles. The first-order valence-corrected chi connectivity index (χ1v) is 6.42. The maximum absolute atomic E-state index is 11.2.